The minimum atomic E-state index is -0.718. The molecule has 1 saturated heterocycles. The van der Waals surface area contributed by atoms with E-state index in [1.165, 1.54) is 12.3 Å². The van der Waals surface area contributed by atoms with Gasteiger partial charge < -0.3 is 14.2 Å². The fourth-order valence-corrected chi connectivity index (χ4v) is 3.26. The van der Waals surface area contributed by atoms with E-state index in [-0.39, 0.29) is 36.0 Å². The molecule has 2 aromatic heterocycles. The fourth-order valence-electron chi connectivity index (χ4n) is 3.26. The van der Waals surface area contributed by atoms with Crippen LogP contribution < -0.4 is 4.90 Å². The van der Waals surface area contributed by atoms with E-state index in [1.807, 2.05) is 4.90 Å². The zero-order valence-electron chi connectivity index (χ0n) is 15.6. The molecule has 0 N–H and O–H groups in total. The highest BCUT2D eigenvalue weighted by Gasteiger charge is 2.23. The van der Waals surface area contributed by atoms with Gasteiger partial charge in [-0.3, -0.25) is 4.79 Å². The number of hydrogen-bond acceptors (Lipinski definition) is 6. The molecule has 4 rings (SSSR count). The number of halogens is 2. The third-order valence-electron chi connectivity index (χ3n) is 4.78. The second-order valence-corrected chi connectivity index (χ2v) is 6.63. The second kappa shape index (κ2) is 8.34. The Morgan fingerprint density at radius 2 is 1.69 bits per heavy atom. The number of benzene rings is 1. The molecule has 0 saturated carbocycles. The van der Waals surface area contributed by atoms with Gasteiger partial charge in [-0.15, -0.1) is 0 Å². The van der Waals surface area contributed by atoms with Gasteiger partial charge in [0.25, 0.3) is 0 Å². The summed E-state index contributed by atoms with van der Waals surface area (Å²) in [6.07, 6.45) is 5.13. The summed E-state index contributed by atoms with van der Waals surface area (Å²) >= 11 is 0. The van der Waals surface area contributed by atoms with E-state index in [2.05, 4.69) is 15.0 Å². The molecule has 1 aromatic carbocycles. The Morgan fingerprint density at radius 3 is 2.38 bits per heavy atom. The lowest BCUT2D eigenvalue weighted by Gasteiger charge is -2.34. The molecule has 0 atom stereocenters. The molecule has 0 radical (unpaired) electrons. The van der Waals surface area contributed by atoms with Crippen LogP contribution in [0.2, 0.25) is 0 Å². The molecule has 3 heterocycles. The van der Waals surface area contributed by atoms with Crippen molar-refractivity contribution < 1.29 is 18.0 Å². The second-order valence-electron chi connectivity index (χ2n) is 6.63. The SMILES string of the molecule is O=C(CCc1ncc(-c2c(F)cccc2F)o1)N1CCN(c2ncccn2)CC1. The van der Waals surface area contributed by atoms with Crippen molar-refractivity contribution in [3.63, 3.8) is 0 Å². The summed E-state index contributed by atoms with van der Waals surface area (Å²) in [5.41, 5.74) is -0.253. The van der Waals surface area contributed by atoms with E-state index in [1.54, 1.807) is 23.4 Å². The molecule has 1 fully saturated rings. The standard InChI is InChI=1S/C20H19F2N5O2/c21-14-3-1-4-15(22)19(14)16-13-25-17(29-16)5-6-18(28)26-9-11-27(12-10-26)20-23-7-2-8-24-20/h1-4,7-8,13H,5-6,9-12H2. The van der Waals surface area contributed by atoms with E-state index in [4.69, 9.17) is 4.42 Å². The molecule has 1 aliphatic rings. The van der Waals surface area contributed by atoms with Gasteiger partial charge in [0.15, 0.2) is 11.7 Å². The molecule has 0 aliphatic carbocycles. The Kier molecular flexibility index (Phi) is 5.46. The van der Waals surface area contributed by atoms with Gasteiger partial charge in [-0.1, -0.05) is 6.07 Å². The summed E-state index contributed by atoms with van der Waals surface area (Å²) in [4.78, 5) is 28.8. The number of carbonyl (C=O) groups excluding carboxylic acids is 1. The fraction of sp³-hybridized carbons (Fsp3) is 0.300. The molecule has 9 heteroatoms. The first-order valence-electron chi connectivity index (χ1n) is 9.30. The van der Waals surface area contributed by atoms with Crippen LogP contribution in [-0.2, 0) is 11.2 Å². The van der Waals surface area contributed by atoms with Crippen molar-refractivity contribution in [1.82, 2.24) is 19.9 Å². The van der Waals surface area contributed by atoms with E-state index in [0.29, 0.717) is 32.1 Å². The van der Waals surface area contributed by atoms with Crippen LogP contribution in [0.5, 0.6) is 0 Å². The number of aromatic nitrogens is 3. The maximum atomic E-state index is 13.9. The van der Waals surface area contributed by atoms with E-state index < -0.39 is 11.6 Å². The smallest absolute Gasteiger partial charge is 0.225 e. The van der Waals surface area contributed by atoms with Crippen LogP contribution in [0.4, 0.5) is 14.7 Å². The molecule has 3 aromatic rings. The Hall–Kier alpha value is -3.36. The van der Waals surface area contributed by atoms with E-state index in [0.717, 1.165) is 12.1 Å². The summed E-state index contributed by atoms with van der Waals surface area (Å²) < 4.78 is 33.2. The van der Waals surface area contributed by atoms with Crippen LogP contribution in [0.15, 0.2) is 47.3 Å². The molecule has 29 heavy (non-hydrogen) atoms. The largest absolute Gasteiger partial charge is 0.441 e. The molecule has 0 unspecified atom stereocenters. The van der Waals surface area contributed by atoms with Crippen molar-refractivity contribution in [2.24, 2.45) is 0 Å². The molecule has 7 nitrogen and oxygen atoms in total. The molecule has 1 aliphatic heterocycles. The van der Waals surface area contributed by atoms with Crippen molar-refractivity contribution in [2.45, 2.75) is 12.8 Å². The molecule has 0 spiro atoms. The lowest BCUT2D eigenvalue weighted by Crippen LogP contribution is -2.49. The topological polar surface area (TPSA) is 75.4 Å². The Bertz CT molecular complexity index is 967. The van der Waals surface area contributed by atoms with Crippen molar-refractivity contribution in [3.8, 4) is 11.3 Å². The number of amides is 1. The zero-order chi connectivity index (χ0) is 20.2. The first kappa shape index (κ1) is 19.0. The Morgan fingerprint density at radius 1 is 1.00 bits per heavy atom. The number of anilines is 1. The minimum Gasteiger partial charge on any atom is -0.441 e. The number of carbonyl (C=O) groups is 1. The van der Waals surface area contributed by atoms with Crippen LogP contribution in [0.1, 0.15) is 12.3 Å². The van der Waals surface area contributed by atoms with Gasteiger partial charge in [-0.2, -0.15) is 0 Å². The quantitative estimate of drug-likeness (QED) is 0.657. The first-order valence-corrected chi connectivity index (χ1v) is 9.30. The van der Waals surface area contributed by atoms with Crippen LogP contribution in [0.25, 0.3) is 11.3 Å². The average molecular weight is 399 g/mol. The van der Waals surface area contributed by atoms with Gasteiger partial charge in [0, 0.05) is 51.4 Å². The summed E-state index contributed by atoms with van der Waals surface area (Å²) in [6.45, 7) is 2.47. The highest BCUT2D eigenvalue weighted by Crippen LogP contribution is 2.26. The van der Waals surface area contributed by atoms with Crippen LogP contribution in [-0.4, -0.2) is 51.9 Å². The summed E-state index contributed by atoms with van der Waals surface area (Å²) in [6, 6.07) is 5.36. The van der Waals surface area contributed by atoms with Crippen molar-refractivity contribution >= 4 is 11.9 Å². The number of oxazole rings is 1. The molecule has 150 valence electrons. The third-order valence-corrected chi connectivity index (χ3v) is 4.78. The van der Waals surface area contributed by atoms with Crippen LogP contribution in [0.3, 0.4) is 0 Å². The maximum absolute atomic E-state index is 13.9. The van der Waals surface area contributed by atoms with E-state index in [9.17, 15) is 13.6 Å². The molecular formula is C20H19F2N5O2. The van der Waals surface area contributed by atoms with Crippen molar-refractivity contribution in [3.05, 3.63) is 60.4 Å². The highest BCUT2D eigenvalue weighted by molar-refractivity contribution is 5.76. The lowest BCUT2D eigenvalue weighted by atomic mass is 10.1. The zero-order valence-corrected chi connectivity index (χ0v) is 15.6. The third kappa shape index (κ3) is 4.23. The van der Waals surface area contributed by atoms with Gasteiger partial charge >= 0.3 is 0 Å². The normalized spacial score (nSPS) is 14.3. The number of piperazine rings is 1. The minimum absolute atomic E-state index is 0.0134. The Labute approximate surface area is 166 Å². The van der Waals surface area contributed by atoms with Crippen molar-refractivity contribution in [2.75, 3.05) is 31.1 Å². The predicted molar refractivity (Wildman–Crippen MR) is 101 cm³/mol. The van der Waals surface area contributed by atoms with E-state index >= 15 is 0 Å². The monoisotopic (exact) mass is 399 g/mol. The molecular weight excluding hydrogens is 380 g/mol. The molecule has 1 amide bonds. The van der Waals surface area contributed by atoms with Gasteiger partial charge in [0.05, 0.1) is 11.8 Å². The first-order chi connectivity index (χ1) is 14.1. The van der Waals surface area contributed by atoms with Crippen LogP contribution >= 0.6 is 0 Å². The Balaban J connectivity index is 1.31. The number of rotatable bonds is 5. The number of aryl methyl sites for hydroxylation is 1. The lowest BCUT2D eigenvalue weighted by molar-refractivity contribution is -0.131. The van der Waals surface area contributed by atoms with Gasteiger partial charge in [0.1, 0.15) is 11.6 Å². The van der Waals surface area contributed by atoms with Crippen molar-refractivity contribution in [1.29, 1.82) is 0 Å². The predicted octanol–water partition coefficient (Wildman–Crippen LogP) is 2.69. The van der Waals surface area contributed by atoms with Gasteiger partial charge in [-0.05, 0) is 18.2 Å². The number of hydrogen-bond donors (Lipinski definition) is 0. The maximum Gasteiger partial charge on any atom is 0.225 e. The highest BCUT2D eigenvalue weighted by atomic mass is 19.1. The van der Waals surface area contributed by atoms with Gasteiger partial charge in [-0.25, -0.2) is 23.7 Å². The summed E-state index contributed by atoms with van der Waals surface area (Å²) in [7, 11) is 0. The number of nitrogens with zero attached hydrogens (tertiary/aromatic N) is 5. The van der Waals surface area contributed by atoms with Crippen LogP contribution in [0, 0.1) is 11.6 Å². The average Bonchev–Trinajstić information content (AvgIpc) is 3.21. The summed E-state index contributed by atoms with van der Waals surface area (Å²) in [5.74, 6) is -0.511. The van der Waals surface area contributed by atoms with Gasteiger partial charge in [0.2, 0.25) is 11.9 Å². The summed E-state index contributed by atoms with van der Waals surface area (Å²) in [5, 5.41) is 0. The molecule has 0 bridgehead atoms.